The van der Waals surface area contributed by atoms with E-state index in [9.17, 15) is 13.2 Å². The van der Waals surface area contributed by atoms with Crippen molar-refractivity contribution in [3.05, 3.63) is 54.1 Å². The monoisotopic (exact) mass is 444 g/mol. The number of aryl methyl sites for hydroxylation is 1. The molecule has 1 fully saturated rings. The van der Waals surface area contributed by atoms with Gasteiger partial charge in [0, 0.05) is 24.8 Å². The van der Waals surface area contributed by atoms with Gasteiger partial charge in [0.2, 0.25) is 15.9 Å². The maximum Gasteiger partial charge on any atom is 0.228 e. The Morgan fingerprint density at radius 2 is 1.84 bits per heavy atom. The fraction of sp³-hybridized carbons (Fsp3) is 0.435. The molecule has 1 atom stereocenters. The molecule has 0 aromatic heterocycles. The second kappa shape index (κ2) is 9.70. The molecular weight excluding hydrogens is 416 g/mol. The minimum atomic E-state index is -3.39. The Kier molecular flexibility index (Phi) is 6.77. The van der Waals surface area contributed by atoms with E-state index >= 15 is 0 Å². The second-order valence-corrected chi connectivity index (χ2v) is 10.0. The first-order valence-electron chi connectivity index (χ1n) is 10.7. The van der Waals surface area contributed by atoms with Gasteiger partial charge in [-0.3, -0.25) is 4.79 Å². The molecule has 0 saturated carbocycles. The molecule has 0 unspecified atom stereocenters. The number of nitrogens with one attached hydrogen (secondary N) is 1. The molecule has 1 saturated heterocycles. The van der Waals surface area contributed by atoms with E-state index in [0.717, 1.165) is 12.0 Å². The number of carbonyl (C=O) groups excluding carboxylic acids is 1. The lowest BCUT2D eigenvalue weighted by atomic mass is 9.98. The number of fused-ring (bicyclic) bond motifs is 1. The maximum atomic E-state index is 12.8. The molecule has 1 N–H and O–H groups in total. The Bertz CT molecular complexity index is 1010. The number of ether oxygens (including phenoxy) is 2. The third-order valence-corrected chi connectivity index (χ3v) is 7.59. The van der Waals surface area contributed by atoms with Gasteiger partial charge in [0.15, 0.2) is 11.5 Å². The Morgan fingerprint density at radius 3 is 2.65 bits per heavy atom. The van der Waals surface area contributed by atoms with Crippen molar-refractivity contribution in [3.8, 4) is 11.5 Å². The van der Waals surface area contributed by atoms with Gasteiger partial charge in [-0.2, -0.15) is 0 Å². The summed E-state index contributed by atoms with van der Waals surface area (Å²) in [6.45, 7) is 1.69. The van der Waals surface area contributed by atoms with Crippen LogP contribution in [0.4, 0.5) is 5.69 Å². The van der Waals surface area contributed by atoms with E-state index in [0.29, 0.717) is 56.2 Å². The van der Waals surface area contributed by atoms with Gasteiger partial charge in [0.1, 0.15) is 13.2 Å². The standard InChI is InChI=1S/C23H28N2O5S/c26-23(24-20-10-11-21-22(16-20)30-14-13-29-21)19-9-4-12-25(17-19)31(27,28)15-5-8-18-6-2-1-3-7-18/h1-3,6-7,10-11,16,19H,4-5,8-9,12-15,17H2,(H,24,26)/t19-/m1/s1. The van der Waals surface area contributed by atoms with Gasteiger partial charge in [-0.25, -0.2) is 12.7 Å². The largest absolute Gasteiger partial charge is 0.486 e. The lowest BCUT2D eigenvalue weighted by molar-refractivity contribution is -0.120. The van der Waals surface area contributed by atoms with Crippen LogP contribution in [-0.2, 0) is 21.2 Å². The number of amides is 1. The predicted molar refractivity (Wildman–Crippen MR) is 119 cm³/mol. The van der Waals surface area contributed by atoms with E-state index in [4.69, 9.17) is 9.47 Å². The molecule has 2 aromatic rings. The van der Waals surface area contributed by atoms with Crippen molar-refractivity contribution in [2.45, 2.75) is 25.7 Å². The van der Waals surface area contributed by atoms with Crippen molar-refractivity contribution in [2.75, 3.05) is 37.4 Å². The van der Waals surface area contributed by atoms with E-state index in [-0.39, 0.29) is 24.1 Å². The van der Waals surface area contributed by atoms with Crippen LogP contribution >= 0.6 is 0 Å². The number of hydrogen-bond acceptors (Lipinski definition) is 5. The van der Waals surface area contributed by atoms with Gasteiger partial charge in [0.25, 0.3) is 0 Å². The third-order valence-electron chi connectivity index (χ3n) is 5.67. The van der Waals surface area contributed by atoms with Gasteiger partial charge < -0.3 is 14.8 Å². The zero-order valence-electron chi connectivity index (χ0n) is 17.5. The van der Waals surface area contributed by atoms with Gasteiger partial charge in [0.05, 0.1) is 11.7 Å². The normalized spacial score (nSPS) is 19.0. The molecule has 0 bridgehead atoms. The number of carbonyl (C=O) groups is 1. The highest BCUT2D eigenvalue weighted by molar-refractivity contribution is 7.89. The summed E-state index contributed by atoms with van der Waals surface area (Å²) >= 11 is 0. The number of hydrogen-bond donors (Lipinski definition) is 1. The molecule has 4 rings (SSSR count). The third kappa shape index (κ3) is 5.57. The quantitative estimate of drug-likeness (QED) is 0.710. The average Bonchev–Trinajstić information content (AvgIpc) is 2.80. The fourth-order valence-corrected chi connectivity index (χ4v) is 5.59. The van der Waals surface area contributed by atoms with E-state index in [2.05, 4.69) is 5.32 Å². The second-order valence-electron chi connectivity index (χ2n) is 7.95. The topological polar surface area (TPSA) is 84.9 Å². The lowest BCUT2D eigenvalue weighted by Gasteiger charge is -2.31. The van der Waals surface area contributed by atoms with Crippen molar-refractivity contribution >= 4 is 21.6 Å². The molecule has 31 heavy (non-hydrogen) atoms. The number of piperidine rings is 1. The van der Waals surface area contributed by atoms with E-state index in [1.807, 2.05) is 30.3 Å². The molecule has 2 aromatic carbocycles. The predicted octanol–water partition coefficient (Wildman–Crippen LogP) is 3.07. The number of anilines is 1. The van der Waals surface area contributed by atoms with Gasteiger partial charge in [-0.15, -0.1) is 0 Å². The molecule has 7 nitrogen and oxygen atoms in total. The molecule has 2 aliphatic heterocycles. The summed E-state index contributed by atoms with van der Waals surface area (Å²) in [7, 11) is -3.39. The Labute approximate surface area is 183 Å². The van der Waals surface area contributed by atoms with Crippen molar-refractivity contribution in [1.82, 2.24) is 4.31 Å². The first kappa shape index (κ1) is 21.6. The zero-order valence-corrected chi connectivity index (χ0v) is 18.3. The van der Waals surface area contributed by atoms with Crippen LogP contribution in [-0.4, -0.2) is 50.7 Å². The highest BCUT2D eigenvalue weighted by atomic mass is 32.2. The Balaban J connectivity index is 1.32. The minimum absolute atomic E-state index is 0.0956. The van der Waals surface area contributed by atoms with E-state index < -0.39 is 10.0 Å². The van der Waals surface area contributed by atoms with Crippen LogP contribution in [0.5, 0.6) is 11.5 Å². The van der Waals surface area contributed by atoms with Crippen molar-refractivity contribution in [2.24, 2.45) is 5.92 Å². The summed E-state index contributed by atoms with van der Waals surface area (Å²) in [5.74, 6) is 0.829. The summed E-state index contributed by atoms with van der Waals surface area (Å²) in [4.78, 5) is 12.8. The zero-order chi connectivity index (χ0) is 21.7. The molecule has 2 heterocycles. The number of nitrogens with zero attached hydrogens (tertiary/aromatic N) is 1. The molecule has 0 aliphatic carbocycles. The van der Waals surface area contributed by atoms with Crippen LogP contribution < -0.4 is 14.8 Å². The Morgan fingerprint density at radius 1 is 1.06 bits per heavy atom. The molecule has 8 heteroatoms. The Hall–Kier alpha value is -2.58. The number of rotatable bonds is 7. The molecule has 2 aliphatic rings. The molecular formula is C23H28N2O5S. The highest BCUT2D eigenvalue weighted by Gasteiger charge is 2.32. The smallest absolute Gasteiger partial charge is 0.228 e. The summed E-state index contributed by atoms with van der Waals surface area (Å²) in [6.07, 6.45) is 2.64. The average molecular weight is 445 g/mol. The van der Waals surface area contributed by atoms with Crippen molar-refractivity contribution in [1.29, 1.82) is 0 Å². The molecule has 0 spiro atoms. The molecule has 0 radical (unpaired) electrons. The summed E-state index contributed by atoms with van der Waals surface area (Å²) in [5.41, 5.74) is 1.75. The van der Waals surface area contributed by atoms with E-state index in [1.54, 1.807) is 18.2 Å². The number of benzene rings is 2. The molecule has 166 valence electrons. The maximum absolute atomic E-state index is 12.8. The van der Waals surface area contributed by atoms with Gasteiger partial charge in [-0.05, 0) is 43.4 Å². The van der Waals surface area contributed by atoms with Crippen LogP contribution in [0, 0.1) is 5.92 Å². The minimum Gasteiger partial charge on any atom is -0.486 e. The van der Waals surface area contributed by atoms with Gasteiger partial charge >= 0.3 is 0 Å². The van der Waals surface area contributed by atoms with Crippen LogP contribution in [0.1, 0.15) is 24.8 Å². The fourth-order valence-electron chi connectivity index (χ4n) is 4.01. The lowest BCUT2D eigenvalue weighted by Crippen LogP contribution is -2.44. The SMILES string of the molecule is O=C(Nc1ccc2c(c1)OCCO2)[C@@H]1CCCN(S(=O)(=O)CCCc2ccccc2)C1. The summed E-state index contributed by atoms with van der Waals surface area (Å²) in [5, 5.41) is 2.90. The number of sulfonamides is 1. The van der Waals surface area contributed by atoms with E-state index in [1.165, 1.54) is 4.31 Å². The molecule has 1 amide bonds. The first-order valence-corrected chi connectivity index (χ1v) is 12.3. The first-order chi connectivity index (χ1) is 15.0. The summed E-state index contributed by atoms with van der Waals surface area (Å²) in [6, 6.07) is 15.2. The van der Waals surface area contributed by atoms with Crippen LogP contribution in [0.3, 0.4) is 0 Å². The summed E-state index contributed by atoms with van der Waals surface area (Å²) < 4.78 is 38.2. The van der Waals surface area contributed by atoms with Crippen LogP contribution in [0.25, 0.3) is 0 Å². The van der Waals surface area contributed by atoms with Crippen LogP contribution in [0.2, 0.25) is 0 Å². The van der Waals surface area contributed by atoms with Gasteiger partial charge in [-0.1, -0.05) is 30.3 Å². The van der Waals surface area contributed by atoms with Crippen LogP contribution in [0.15, 0.2) is 48.5 Å². The van der Waals surface area contributed by atoms with Crippen molar-refractivity contribution < 1.29 is 22.7 Å². The van der Waals surface area contributed by atoms with Crippen molar-refractivity contribution in [3.63, 3.8) is 0 Å². The highest BCUT2D eigenvalue weighted by Crippen LogP contribution is 2.33.